The van der Waals surface area contributed by atoms with Crippen LogP contribution in [0.25, 0.3) is 0 Å². The summed E-state index contributed by atoms with van der Waals surface area (Å²) in [7, 11) is 0. The predicted octanol–water partition coefficient (Wildman–Crippen LogP) is 4.51. The topological polar surface area (TPSA) is 0 Å². The van der Waals surface area contributed by atoms with Crippen molar-refractivity contribution < 1.29 is 0 Å². The molecule has 0 heteroatoms. The molecule has 0 spiro atoms. The second kappa shape index (κ2) is 8.74. The van der Waals surface area contributed by atoms with E-state index >= 15 is 0 Å². The van der Waals surface area contributed by atoms with Crippen molar-refractivity contribution in [2.24, 2.45) is 0 Å². The molecule has 0 N–H and O–H groups in total. The Kier molecular flexibility index (Phi) is 8.49. The maximum atomic E-state index is 3.52. The number of rotatable bonds is 7. The number of allylic oxidation sites excluding steroid dienone is 2. The van der Waals surface area contributed by atoms with Crippen molar-refractivity contribution >= 4 is 0 Å². The quantitative estimate of drug-likeness (QED) is 0.386. The van der Waals surface area contributed by atoms with E-state index in [-0.39, 0.29) is 0 Å². The zero-order valence-electron chi connectivity index (χ0n) is 8.95. The Morgan fingerprint density at radius 2 is 1.67 bits per heavy atom. The number of hydrogen-bond donors (Lipinski definition) is 0. The van der Waals surface area contributed by atoms with Gasteiger partial charge in [-0.05, 0) is 12.8 Å². The zero-order valence-corrected chi connectivity index (χ0v) is 8.95. The van der Waals surface area contributed by atoms with E-state index in [0.29, 0.717) is 0 Å². The molecule has 0 heterocycles. The Hall–Kier alpha value is -0.350. The van der Waals surface area contributed by atoms with Gasteiger partial charge >= 0.3 is 0 Å². The van der Waals surface area contributed by atoms with Gasteiger partial charge in [0, 0.05) is 12.8 Å². The van der Waals surface area contributed by atoms with Gasteiger partial charge in [0.25, 0.3) is 0 Å². The van der Waals surface area contributed by atoms with Gasteiger partial charge in [0.2, 0.25) is 6.08 Å². The first-order valence-electron chi connectivity index (χ1n) is 5.43. The van der Waals surface area contributed by atoms with Crippen LogP contribution in [0.1, 0.15) is 65.7 Å². The maximum Gasteiger partial charge on any atom is 0.221 e. The lowest BCUT2D eigenvalue weighted by atomic mass is 10.0. The van der Waals surface area contributed by atoms with Crippen LogP contribution in [0.2, 0.25) is 0 Å². The fourth-order valence-corrected chi connectivity index (χ4v) is 1.22. The first-order valence-corrected chi connectivity index (χ1v) is 5.43. The summed E-state index contributed by atoms with van der Waals surface area (Å²) >= 11 is 0. The standard InChI is InChI=1S/C12H23/c1-4-7-9-11-12(6-3)10-8-5-2/h4-10H2,1-3H3/q+1. The summed E-state index contributed by atoms with van der Waals surface area (Å²) in [6.07, 6.45) is 12.4. The molecular weight excluding hydrogens is 144 g/mol. The van der Waals surface area contributed by atoms with Gasteiger partial charge in [-0.15, -0.1) is 0 Å². The third-order valence-electron chi connectivity index (χ3n) is 2.16. The minimum Gasteiger partial charge on any atom is -0.0654 e. The Balaban J connectivity index is 3.55. The molecule has 0 aromatic carbocycles. The monoisotopic (exact) mass is 167 g/mol. The first-order chi connectivity index (χ1) is 5.85. The molecule has 0 atom stereocenters. The fraction of sp³-hybridized carbons (Fsp3) is 0.833. The number of hydrogen-bond acceptors (Lipinski definition) is 0. The molecule has 0 rings (SSSR count). The van der Waals surface area contributed by atoms with Gasteiger partial charge in [-0.1, -0.05) is 33.6 Å². The molecule has 0 aromatic heterocycles. The largest absolute Gasteiger partial charge is 0.221 e. The third-order valence-corrected chi connectivity index (χ3v) is 2.16. The summed E-state index contributed by atoms with van der Waals surface area (Å²) in [5, 5.41) is 0. The van der Waals surface area contributed by atoms with Crippen LogP contribution >= 0.6 is 0 Å². The number of unbranched alkanes of at least 4 members (excludes halogenated alkanes) is 3. The Morgan fingerprint density at radius 1 is 1.00 bits per heavy atom. The van der Waals surface area contributed by atoms with E-state index in [0.717, 1.165) is 0 Å². The summed E-state index contributed by atoms with van der Waals surface area (Å²) in [6.45, 7) is 6.72. The van der Waals surface area contributed by atoms with Crippen molar-refractivity contribution in [3.05, 3.63) is 11.6 Å². The second-order valence-electron chi connectivity index (χ2n) is 3.34. The third kappa shape index (κ3) is 6.37. The summed E-state index contributed by atoms with van der Waals surface area (Å²) in [5.74, 6) is 0. The fourth-order valence-electron chi connectivity index (χ4n) is 1.22. The lowest BCUT2D eigenvalue weighted by molar-refractivity contribution is 0.740. The van der Waals surface area contributed by atoms with E-state index in [9.17, 15) is 0 Å². The summed E-state index contributed by atoms with van der Waals surface area (Å²) in [4.78, 5) is 0. The van der Waals surface area contributed by atoms with E-state index in [1.807, 2.05) is 0 Å². The molecule has 0 bridgehead atoms. The first kappa shape index (κ1) is 11.6. The molecule has 0 aliphatic rings. The van der Waals surface area contributed by atoms with E-state index in [4.69, 9.17) is 0 Å². The second-order valence-corrected chi connectivity index (χ2v) is 3.34. The smallest absolute Gasteiger partial charge is 0.0654 e. The normalized spacial score (nSPS) is 11.4. The van der Waals surface area contributed by atoms with Gasteiger partial charge in [-0.2, -0.15) is 0 Å². The van der Waals surface area contributed by atoms with Crippen LogP contribution < -0.4 is 0 Å². The highest BCUT2D eigenvalue weighted by Gasteiger charge is 2.06. The molecule has 0 radical (unpaired) electrons. The zero-order chi connectivity index (χ0) is 9.23. The van der Waals surface area contributed by atoms with Crippen LogP contribution in [0.15, 0.2) is 5.57 Å². The molecule has 0 amide bonds. The van der Waals surface area contributed by atoms with Gasteiger partial charge in [-0.3, -0.25) is 0 Å². The van der Waals surface area contributed by atoms with Gasteiger partial charge in [0.15, 0.2) is 12.0 Å². The van der Waals surface area contributed by atoms with Crippen LogP contribution in [-0.4, -0.2) is 0 Å². The van der Waals surface area contributed by atoms with Crippen molar-refractivity contribution in [2.45, 2.75) is 65.7 Å². The van der Waals surface area contributed by atoms with Gasteiger partial charge in [-0.25, -0.2) is 0 Å². The Morgan fingerprint density at radius 3 is 2.17 bits per heavy atom. The predicted molar refractivity (Wildman–Crippen MR) is 56.1 cm³/mol. The van der Waals surface area contributed by atoms with Gasteiger partial charge < -0.3 is 0 Å². The molecule has 0 aliphatic carbocycles. The minimum absolute atomic E-state index is 1.17. The molecule has 0 saturated carbocycles. The average molecular weight is 167 g/mol. The minimum atomic E-state index is 1.17. The highest BCUT2D eigenvalue weighted by atomic mass is 14.0. The van der Waals surface area contributed by atoms with Crippen molar-refractivity contribution in [3.63, 3.8) is 0 Å². The van der Waals surface area contributed by atoms with Crippen LogP contribution in [0.5, 0.6) is 0 Å². The average Bonchev–Trinajstić information content (AvgIpc) is 2.11. The molecule has 0 fully saturated rings. The Labute approximate surface area is 78.1 Å². The summed E-state index contributed by atoms with van der Waals surface area (Å²) < 4.78 is 0. The lowest BCUT2D eigenvalue weighted by Gasteiger charge is -1.91. The lowest BCUT2D eigenvalue weighted by Crippen LogP contribution is -1.83. The van der Waals surface area contributed by atoms with Crippen molar-refractivity contribution in [1.82, 2.24) is 0 Å². The highest BCUT2D eigenvalue weighted by Crippen LogP contribution is 2.12. The maximum absolute atomic E-state index is 3.52. The van der Waals surface area contributed by atoms with Crippen molar-refractivity contribution in [2.75, 3.05) is 0 Å². The van der Waals surface area contributed by atoms with Gasteiger partial charge in [0.05, 0.1) is 0 Å². The van der Waals surface area contributed by atoms with E-state index in [2.05, 4.69) is 26.8 Å². The van der Waals surface area contributed by atoms with E-state index < -0.39 is 0 Å². The van der Waals surface area contributed by atoms with E-state index in [1.54, 1.807) is 5.57 Å². The van der Waals surface area contributed by atoms with Crippen LogP contribution in [0.4, 0.5) is 0 Å². The molecule has 12 heavy (non-hydrogen) atoms. The molecule has 70 valence electrons. The Bertz CT molecular complexity index is 111. The van der Waals surface area contributed by atoms with Crippen LogP contribution in [-0.2, 0) is 0 Å². The van der Waals surface area contributed by atoms with Crippen molar-refractivity contribution in [3.8, 4) is 0 Å². The SMILES string of the molecule is CCCC[C+]=C(CC)CCCC. The summed E-state index contributed by atoms with van der Waals surface area (Å²) in [6, 6.07) is 0. The molecule has 0 saturated heterocycles. The highest BCUT2D eigenvalue weighted by molar-refractivity contribution is 4.95. The van der Waals surface area contributed by atoms with Crippen LogP contribution in [0, 0.1) is 6.08 Å². The molecule has 0 aromatic rings. The molecule has 0 nitrogen and oxygen atoms in total. The molecular formula is C12H23+. The van der Waals surface area contributed by atoms with E-state index in [1.165, 1.54) is 44.9 Å². The summed E-state index contributed by atoms with van der Waals surface area (Å²) in [5.41, 5.74) is 1.55. The molecule has 0 unspecified atom stereocenters. The van der Waals surface area contributed by atoms with Crippen LogP contribution in [0.3, 0.4) is 0 Å². The van der Waals surface area contributed by atoms with Crippen molar-refractivity contribution in [1.29, 1.82) is 0 Å². The van der Waals surface area contributed by atoms with Gasteiger partial charge in [0.1, 0.15) is 0 Å². The molecule has 0 aliphatic heterocycles.